The Morgan fingerprint density at radius 2 is 1.45 bits per heavy atom. The van der Waals surface area contributed by atoms with Crippen molar-refractivity contribution in [3.8, 4) is 0 Å². The summed E-state index contributed by atoms with van der Waals surface area (Å²) in [5.74, 6) is 0. The Balaban J connectivity index is 1.62. The smallest absolute Gasteiger partial charge is 0.269 e. The molecule has 6 heteroatoms. The van der Waals surface area contributed by atoms with Crippen LogP contribution in [0.1, 0.15) is 19.4 Å². The lowest BCUT2D eigenvalue weighted by molar-refractivity contribution is -0.384. The van der Waals surface area contributed by atoms with E-state index in [1.807, 2.05) is 30.5 Å². The highest BCUT2D eigenvalue weighted by atomic mass is 32.2. The molecule has 0 atom stereocenters. The molecular formula is C23H23N3O2S. The Labute approximate surface area is 175 Å². The van der Waals surface area contributed by atoms with Gasteiger partial charge in [-0.1, -0.05) is 23.9 Å². The van der Waals surface area contributed by atoms with Crippen molar-refractivity contribution in [1.82, 2.24) is 0 Å². The average molecular weight is 406 g/mol. The SMILES string of the molecule is CCN(CC)c1ccc(C=Nc2ccc(Sc3ccc([N+](=O)[O-])cc3)cc2)cc1. The fraction of sp³-hybridized carbons (Fsp3) is 0.174. The molecule has 5 nitrogen and oxygen atoms in total. The first-order valence-corrected chi connectivity index (χ1v) is 10.3. The largest absolute Gasteiger partial charge is 0.372 e. The fourth-order valence-corrected chi connectivity index (χ4v) is 3.70. The van der Waals surface area contributed by atoms with Gasteiger partial charge >= 0.3 is 0 Å². The number of aliphatic imine (C=N–C) groups is 1. The van der Waals surface area contributed by atoms with E-state index >= 15 is 0 Å². The Morgan fingerprint density at radius 1 is 0.897 bits per heavy atom. The maximum Gasteiger partial charge on any atom is 0.269 e. The topological polar surface area (TPSA) is 58.7 Å². The van der Waals surface area contributed by atoms with E-state index in [1.165, 1.54) is 17.8 Å². The zero-order chi connectivity index (χ0) is 20.6. The van der Waals surface area contributed by atoms with Crippen LogP contribution in [0.2, 0.25) is 0 Å². The van der Waals surface area contributed by atoms with Crippen molar-refractivity contribution in [2.45, 2.75) is 23.6 Å². The third kappa shape index (κ3) is 5.68. The number of hydrogen-bond donors (Lipinski definition) is 0. The van der Waals surface area contributed by atoms with Gasteiger partial charge in [-0.2, -0.15) is 0 Å². The van der Waals surface area contributed by atoms with Crippen LogP contribution in [0.25, 0.3) is 0 Å². The zero-order valence-electron chi connectivity index (χ0n) is 16.5. The van der Waals surface area contributed by atoms with Gasteiger partial charge in [-0.05, 0) is 67.9 Å². The maximum absolute atomic E-state index is 10.7. The van der Waals surface area contributed by atoms with E-state index in [0.29, 0.717) is 0 Å². The summed E-state index contributed by atoms with van der Waals surface area (Å²) in [5, 5.41) is 10.7. The number of nitrogens with zero attached hydrogens (tertiary/aromatic N) is 3. The monoisotopic (exact) mass is 405 g/mol. The van der Waals surface area contributed by atoms with E-state index in [1.54, 1.807) is 23.9 Å². The summed E-state index contributed by atoms with van der Waals surface area (Å²) >= 11 is 1.56. The van der Waals surface area contributed by atoms with Crippen molar-refractivity contribution in [2.24, 2.45) is 4.99 Å². The first-order valence-electron chi connectivity index (χ1n) is 9.50. The average Bonchev–Trinajstić information content (AvgIpc) is 2.75. The number of anilines is 1. The molecule has 0 aliphatic heterocycles. The molecule has 0 fully saturated rings. The van der Waals surface area contributed by atoms with Crippen molar-refractivity contribution < 1.29 is 4.92 Å². The predicted octanol–water partition coefficient (Wildman–Crippen LogP) is 6.34. The molecule has 0 aromatic heterocycles. The summed E-state index contributed by atoms with van der Waals surface area (Å²) in [6, 6.07) is 22.9. The molecule has 0 aliphatic carbocycles. The summed E-state index contributed by atoms with van der Waals surface area (Å²) in [6.07, 6.45) is 1.87. The third-order valence-corrected chi connectivity index (χ3v) is 5.52. The van der Waals surface area contributed by atoms with Crippen LogP contribution in [0.3, 0.4) is 0 Å². The lowest BCUT2D eigenvalue weighted by atomic mass is 10.2. The molecule has 29 heavy (non-hydrogen) atoms. The van der Waals surface area contributed by atoms with Gasteiger partial charge in [0.05, 0.1) is 10.6 Å². The predicted molar refractivity (Wildman–Crippen MR) is 121 cm³/mol. The Bertz CT molecular complexity index is 965. The third-order valence-electron chi connectivity index (χ3n) is 4.50. The van der Waals surface area contributed by atoms with Gasteiger partial charge in [0.1, 0.15) is 0 Å². The van der Waals surface area contributed by atoms with Gasteiger partial charge < -0.3 is 4.90 Å². The maximum atomic E-state index is 10.7. The van der Waals surface area contributed by atoms with Crippen LogP contribution in [0, 0.1) is 10.1 Å². The van der Waals surface area contributed by atoms with Crippen molar-refractivity contribution in [2.75, 3.05) is 18.0 Å². The van der Waals surface area contributed by atoms with Crippen LogP contribution in [-0.4, -0.2) is 24.2 Å². The van der Waals surface area contributed by atoms with Gasteiger partial charge in [-0.15, -0.1) is 0 Å². The minimum Gasteiger partial charge on any atom is -0.372 e. The van der Waals surface area contributed by atoms with Gasteiger partial charge in [0.25, 0.3) is 5.69 Å². The van der Waals surface area contributed by atoms with Gasteiger partial charge in [-0.3, -0.25) is 15.1 Å². The van der Waals surface area contributed by atoms with Crippen molar-refractivity contribution in [3.63, 3.8) is 0 Å². The van der Waals surface area contributed by atoms with E-state index in [0.717, 1.165) is 34.1 Å². The second-order valence-corrected chi connectivity index (χ2v) is 7.52. The Hall–Kier alpha value is -3.12. The molecule has 0 radical (unpaired) electrons. The van der Waals surface area contributed by atoms with Crippen LogP contribution < -0.4 is 4.90 Å². The van der Waals surface area contributed by atoms with Gasteiger partial charge in [0.2, 0.25) is 0 Å². The second-order valence-electron chi connectivity index (χ2n) is 6.37. The highest BCUT2D eigenvalue weighted by Crippen LogP contribution is 2.30. The van der Waals surface area contributed by atoms with Gasteiger partial charge in [0, 0.05) is 46.9 Å². The number of benzene rings is 3. The van der Waals surface area contributed by atoms with Crippen LogP contribution in [0.5, 0.6) is 0 Å². The Kier molecular flexibility index (Phi) is 7.03. The molecule has 0 saturated heterocycles. The normalized spacial score (nSPS) is 11.0. The molecule has 0 heterocycles. The van der Waals surface area contributed by atoms with Crippen LogP contribution in [-0.2, 0) is 0 Å². The molecule has 0 spiro atoms. The lowest BCUT2D eigenvalue weighted by Crippen LogP contribution is -2.21. The summed E-state index contributed by atoms with van der Waals surface area (Å²) in [5.41, 5.74) is 3.26. The highest BCUT2D eigenvalue weighted by molar-refractivity contribution is 7.99. The number of hydrogen-bond acceptors (Lipinski definition) is 5. The Morgan fingerprint density at radius 3 is 1.97 bits per heavy atom. The molecule has 0 N–H and O–H groups in total. The standard InChI is InChI=1S/C23H23N3O2S/c1-3-25(4-2)20-9-5-18(6-10-20)17-24-19-7-13-22(14-8-19)29-23-15-11-21(12-16-23)26(27)28/h5-17H,3-4H2,1-2H3. The second kappa shape index (κ2) is 9.89. The summed E-state index contributed by atoms with van der Waals surface area (Å²) in [7, 11) is 0. The molecule has 3 aromatic rings. The first-order chi connectivity index (χ1) is 14.1. The first kappa shape index (κ1) is 20.6. The van der Waals surface area contributed by atoms with E-state index in [9.17, 15) is 10.1 Å². The van der Waals surface area contributed by atoms with Crippen LogP contribution >= 0.6 is 11.8 Å². The fourth-order valence-electron chi connectivity index (χ4n) is 2.88. The molecule has 0 unspecified atom stereocenters. The van der Waals surface area contributed by atoms with Crippen molar-refractivity contribution in [3.05, 3.63) is 88.5 Å². The minimum absolute atomic E-state index is 0.101. The van der Waals surface area contributed by atoms with Crippen molar-refractivity contribution >= 4 is 35.0 Å². The van der Waals surface area contributed by atoms with E-state index in [2.05, 4.69) is 48.0 Å². The molecule has 0 aliphatic rings. The van der Waals surface area contributed by atoms with Gasteiger partial charge in [0.15, 0.2) is 0 Å². The molecule has 3 rings (SSSR count). The number of non-ortho nitro benzene ring substituents is 1. The van der Waals surface area contributed by atoms with E-state index in [-0.39, 0.29) is 5.69 Å². The molecule has 3 aromatic carbocycles. The number of nitro benzene ring substituents is 1. The van der Waals surface area contributed by atoms with E-state index in [4.69, 9.17) is 0 Å². The molecule has 0 bridgehead atoms. The minimum atomic E-state index is -0.390. The summed E-state index contributed by atoms with van der Waals surface area (Å²) < 4.78 is 0. The summed E-state index contributed by atoms with van der Waals surface area (Å²) in [6.45, 7) is 6.30. The quantitative estimate of drug-likeness (QED) is 0.249. The number of nitro groups is 1. The van der Waals surface area contributed by atoms with Crippen LogP contribution in [0.4, 0.5) is 17.1 Å². The lowest BCUT2D eigenvalue weighted by Gasteiger charge is -2.20. The van der Waals surface area contributed by atoms with E-state index < -0.39 is 4.92 Å². The summed E-state index contributed by atoms with van der Waals surface area (Å²) in [4.78, 5) is 19.2. The zero-order valence-corrected chi connectivity index (χ0v) is 17.3. The molecule has 148 valence electrons. The molecule has 0 saturated carbocycles. The van der Waals surface area contributed by atoms with Gasteiger partial charge in [-0.25, -0.2) is 0 Å². The molecule has 0 amide bonds. The number of rotatable bonds is 8. The molecular weight excluding hydrogens is 382 g/mol. The highest BCUT2D eigenvalue weighted by Gasteiger charge is 2.05. The van der Waals surface area contributed by atoms with Crippen LogP contribution in [0.15, 0.2) is 87.6 Å². The van der Waals surface area contributed by atoms with Crippen molar-refractivity contribution in [1.29, 1.82) is 0 Å².